The Morgan fingerprint density at radius 2 is 2.12 bits per heavy atom. The summed E-state index contributed by atoms with van der Waals surface area (Å²) in [5.74, 6) is 0.583. The van der Waals surface area contributed by atoms with E-state index in [1.54, 1.807) is 11.3 Å². The molecule has 1 aromatic carbocycles. The second-order valence-corrected chi connectivity index (χ2v) is 8.86. The van der Waals surface area contributed by atoms with E-state index in [9.17, 15) is 4.79 Å². The molecule has 4 atom stereocenters. The first-order valence-corrected chi connectivity index (χ1v) is 10.4. The minimum Gasteiger partial charge on any atom is -0.332 e. The Morgan fingerprint density at radius 1 is 1.23 bits per heavy atom. The molecular formula is C19H25N5OS. The standard InChI is InChI=1S/C19H25N5OS/c1-23-10-8-13-12(11-23)17(22-21-13)19(25)24-9-4-6-15(24)18-20-14-5-2-3-7-16(14)26-18/h2-3,5,7,12-13,15,17,21-22H,4,6,8-11H2,1H3. The molecule has 0 bridgehead atoms. The van der Waals surface area contributed by atoms with Gasteiger partial charge in [-0.25, -0.2) is 10.4 Å². The number of para-hydroxylation sites is 1. The van der Waals surface area contributed by atoms with Crippen LogP contribution in [0.3, 0.4) is 0 Å². The second-order valence-electron chi connectivity index (χ2n) is 7.80. The van der Waals surface area contributed by atoms with Crippen molar-refractivity contribution in [3.05, 3.63) is 29.3 Å². The molecule has 0 radical (unpaired) electrons. The lowest BCUT2D eigenvalue weighted by molar-refractivity contribution is -0.135. The quantitative estimate of drug-likeness (QED) is 0.842. The number of hydrazine groups is 1. The van der Waals surface area contributed by atoms with E-state index in [-0.39, 0.29) is 18.0 Å². The van der Waals surface area contributed by atoms with Crippen molar-refractivity contribution in [2.75, 3.05) is 26.7 Å². The summed E-state index contributed by atoms with van der Waals surface area (Å²) in [5, 5.41) is 1.08. The summed E-state index contributed by atoms with van der Waals surface area (Å²) in [4.78, 5) is 22.6. The van der Waals surface area contributed by atoms with Crippen LogP contribution in [-0.2, 0) is 4.79 Å². The predicted octanol–water partition coefficient (Wildman–Crippen LogP) is 1.76. The van der Waals surface area contributed by atoms with Crippen molar-refractivity contribution < 1.29 is 4.79 Å². The van der Waals surface area contributed by atoms with Gasteiger partial charge >= 0.3 is 0 Å². The topological polar surface area (TPSA) is 60.5 Å². The number of hydrogen-bond acceptors (Lipinski definition) is 6. The number of nitrogens with zero attached hydrogens (tertiary/aromatic N) is 3. The number of likely N-dealkylation sites (tertiary alicyclic amines) is 2. The molecule has 5 rings (SSSR count). The highest BCUT2D eigenvalue weighted by Gasteiger charge is 2.46. The fourth-order valence-corrected chi connectivity index (χ4v) is 5.83. The largest absolute Gasteiger partial charge is 0.332 e. The molecule has 138 valence electrons. The number of piperidine rings is 1. The molecule has 6 nitrogen and oxygen atoms in total. The lowest BCUT2D eigenvalue weighted by Gasteiger charge is -2.35. The van der Waals surface area contributed by atoms with Gasteiger partial charge in [0.1, 0.15) is 11.0 Å². The van der Waals surface area contributed by atoms with Gasteiger partial charge in [0.15, 0.2) is 0 Å². The van der Waals surface area contributed by atoms with Gasteiger partial charge in [0.25, 0.3) is 0 Å². The molecule has 4 heterocycles. The number of amides is 1. The lowest BCUT2D eigenvalue weighted by atomic mass is 9.88. The van der Waals surface area contributed by atoms with E-state index in [1.807, 2.05) is 6.07 Å². The molecule has 7 heteroatoms. The van der Waals surface area contributed by atoms with Crippen molar-refractivity contribution in [3.63, 3.8) is 0 Å². The molecule has 3 aliphatic heterocycles. The number of fused-ring (bicyclic) bond motifs is 2. The van der Waals surface area contributed by atoms with Gasteiger partial charge in [0.2, 0.25) is 5.91 Å². The maximum Gasteiger partial charge on any atom is 0.242 e. The fraction of sp³-hybridized carbons (Fsp3) is 0.579. The Hall–Kier alpha value is -1.54. The number of rotatable bonds is 2. The first kappa shape index (κ1) is 16.6. The molecule has 0 saturated carbocycles. The smallest absolute Gasteiger partial charge is 0.242 e. The average Bonchev–Trinajstić information content (AvgIpc) is 3.37. The summed E-state index contributed by atoms with van der Waals surface area (Å²) in [6.07, 6.45) is 3.17. The first-order valence-electron chi connectivity index (χ1n) is 9.56. The van der Waals surface area contributed by atoms with E-state index in [2.05, 4.69) is 45.9 Å². The highest BCUT2D eigenvalue weighted by Crippen LogP contribution is 2.37. The maximum atomic E-state index is 13.4. The summed E-state index contributed by atoms with van der Waals surface area (Å²) >= 11 is 1.73. The fourth-order valence-electron chi connectivity index (χ4n) is 4.72. The molecule has 0 spiro atoms. The van der Waals surface area contributed by atoms with E-state index in [0.717, 1.165) is 49.4 Å². The highest BCUT2D eigenvalue weighted by molar-refractivity contribution is 7.18. The van der Waals surface area contributed by atoms with Gasteiger partial charge in [-0.05, 0) is 45.0 Å². The molecule has 0 aliphatic carbocycles. The lowest BCUT2D eigenvalue weighted by Crippen LogP contribution is -2.50. The molecule has 1 aromatic heterocycles. The van der Waals surface area contributed by atoms with Crippen LogP contribution in [0.2, 0.25) is 0 Å². The zero-order valence-electron chi connectivity index (χ0n) is 15.0. The summed E-state index contributed by atoms with van der Waals surface area (Å²) in [7, 11) is 2.15. The number of hydrogen-bond donors (Lipinski definition) is 2. The maximum absolute atomic E-state index is 13.4. The van der Waals surface area contributed by atoms with E-state index in [4.69, 9.17) is 4.98 Å². The number of benzene rings is 1. The van der Waals surface area contributed by atoms with Gasteiger partial charge < -0.3 is 9.80 Å². The SMILES string of the molecule is CN1CCC2NNC(C(=O)N3CCCC3c3nc4ccccc4s3)C2C1. The minimum absolute atomic E-state index is 0.127. The summed E-state index contributed by atoms with van der Waals surface area (Å²) in [6, 6.07) is 8.65. The summed E-state index contributed by atoms with van der Waals surface area (Å²) in [5.41, 5.74) is 7.73. The monoisotopic (exact) mass is 371 g/mol. The first-order chi connectivity index (χ1) is 12.7. The molecule has 3 saturated heterocycles. The Morgan fingerprint density at radius 3 is 3.00 bits per heavy atom. The second kappa shape index (κ2) is 6.56. The van der Waals surface area contributed by atoms with Gasteiger partial charge in [-0.3, -0.25) is 10.2 Å². The molecule has 26 heavy (non-hydrogen) atoms. The normalized spacial score (nSPS) is 32.3. The third-order valence-electron chi connectivity index (χ3n) is 6.11. The van der Waals surface area contributed by atoms with Crippen molar-refractivity contribution >= 4 is 27.5 Å². The van der Waals surface area contributed by atoms with E-state index >= 15 is 0 Å². The van der Waals surface area contributed by atoms with E-state index < -0.39 is 0 Å². The van der Waals surface area contributed by atoms with Crippen LogP contribution in [0.25, 0.3) is 10.2 Å². The van der Waals surface area contributed by atoms with Crippen LogP contribution in [-0.4, -0.2) is 59.5 Å². The Kier molecular flexibility index (Phi) is 4.20. The van der Waals surface area contributed by atoms with Crippen LogP contribution < -0.4 is 10.9 Å². The molecular weight excluding hydrogens is 346 g/mol. The van der Waals surface area contributed by atoms with E-state index in [1.165, 1.54) is 4.70 Å². The van der Waals surface area contributed by atoms with Crippen molar-refractivity contribution in [1.29, 1.82) is 0 Å². The van der Waals surface area contributed by atoms with Gasteiger partial charge in [-0.2, -0.15) is 0 Å². The minimum atomic E-state index is -0.127. The third-order valence-corrected chi connectivity index (χ3v) is 7.25. The molecule has 2 N–H and O–H groups in total. The molecule has 2 aromatic rings. The number of carbonyl (C=O) groups excluding carboxylic acids is 1. The molecule has 3 fully saturated rings. The zero-order chi connectivity index (χ0) is 17.7. The van der Waals surface area contributed by atoms with Crippen LogP contribution in [0, 0.1) is 5.92 Å². The molecule has 1 amide bonds. The Balaban J connectivity index is 1.39. The number of aromatic nitrogens is 1. The zero-order valence-corrected chi connectivity index (χ0v) is 15.8. The van der Waals surface area contributed by atoms with Gasteiger partial charge in [-0.15, -0.1) is 11.3 Å². The van der Waals surface area contributed by atoms with Gasteiger partial charge in [0.05, 0.1) is 16.3 Å². The van der Waals surface area contributed by atoms with Crippen LogP contribution in [0.1, 0.15) is 30.3 Å². The summed E-state index contributed by atoms with van der Waals surface area (Å²) < 4.78 is 1.21. The number of thiazole rings is 1. The predicted molar refractivity (Wildman–Crippen MR) is 103 cm³/mol. The van der Waals surface area contributed by atoms with Crippen LogP contribution >= 0.6 is 11.3 Å². The van der Waals surface area contributed by atoms with Crippen molar-refractivity contribution in [1.82, 2.24) is 25.6 Å². The van der Waals surface area contributed by atoms with E-state index in [0.29, 0.717) is 12.0 Å². The van der Waals surface area contributed by atoms with Crippen LogP contribution in [0.4, 0.5) is 0 Å². The van der Waals surface area contributed by atoms with Crippen molar-refractivity contribution in [2.24, 2.45) is 5.92 Å². The molecule has 3 aliphatic rings. The van der Waals surface area contributed by atoms with Crippen LogP contribution in [0.5, 0.6) is 0 Å². The third kappa shape index (κ3) is 2.74. The van der Waals surface area contributed by atoms with Crippen molar-refractivity contribution in [3.8, 4) is 0 Å². The Bertz CT molecular complexity index is 790. The average molecular weight is 372 g/mol. The summed E-state index contributed by atoms with van der Waals surface area (Å²) in [6.45, 7) is 2.90. The Labute approximate surface area is 157 Å². The van der Waals surface area contributed by atoms with Crippen LogP contribution in [0.15, 0.2) is 24.3 Å². The van der Waals surface area contributed by atoms with Gasteiger partial charge in [0, 0.05) is 25.0 Å². The highest BCUT2D eigenvalue weighted by atomic mass is 32.1. The van der Waals surface area contributed by atoms with Gasteiger partial charge in [-0.1, -0.05) is 12.1 Å². The number of nitrogens with one attached hydrogen (secondary N) is 2. The number of carbonyl (C=O) groups is 1. The van der Waals surface area contributed by atoms with Crippen molar-refractivity contribution in [2.45, 2.75) is 37.4 Å². The molecule has 4 unspecified atom stereocenters.